The van der Waals surface area contributed by atoms with Crippen LogP contribution in [0.4, 0.5) is 0 Å². The van der Waals surface area contributed by atoms with Gasteiger partial charge in [0.2, 0.25) is 0 Å². The summed E-state index contributed by atoms with van der Waals surface area (Å²) in [4.78, 5) is 46.8. The molecule has 0 unspecified atom stereocenters. The second kappa shape index (κ2) is 6.81. The Morgan fingerprint density at radius 3 is 1.04 bits per heavy atom. The molecule has 0 fully saturated rings. The highest BCUT2D eigenvalue weighted by Gasteiger charge is 2.34. The molecule has 1 amide bonds. The Hall–Kier alpha value is -2.26. The van der Waals surface area contributed by atoms with Crippen LogP contribution in [0.3, 0.4) is 0 Å². The molecule has 2 rings (SSSR count). The first-order valence-corrected chi connectivity index (χ1v) is 7.79. The van der Waals surface area contributed by atoms with Gasteiger partial charge in [-0.15, -0.1) is 0 Å². The van der Waals surface area contributed by atoms with Crippen molar-refractivity contribution in [1.82, 2.24) is 0 Å². The van der Waals surface area contributed by atoms with Crippen LogP contribution in [0.25, 0.3) is 10.8 Å². The van der Waals surface area contributed by atoms with Crippen molar-refractivity contribution in [3.8, 4) is 0 Å². The van der Waals surface area contributed by atoms with Crippen molar-refractivity contribution in [3.63, 3.8) is 0 Å². The van der Waals surface area contributed by atoms with Crippen LogP contribution in [-0.4, -0.2) is 39.1 Å². The van der Waals surface area contributed by atoms with E-state index in [1.54, 1.807) is 0 Å². The molecule has 0 aliphatic rings. The monoisotopic (exact) mass is 439 g/mol. The zero-order valence-corrected chi connectivity index (χ0v) is 15.1. The molecular formula is C14H5Cl4NO7. The maximum Gasteiger partial charge on any atom is 0.337 e. The molecule has 0 saturated heterocycles. The number of amides is 1. The Morgan fingerprint density at radius 2 is 0.808 bits per heavy atom. The van der Waals surface area contributed by atoms with Gasteiger partial charge >= 0.3 is 17.9 Å². The van der Waals surface area contributed by atoms with Crippen molar-refractivity contribution in [2.75, 3.05) is 0 Å². The van der Waals surface area contributed by atoms with Crippen molar-refractivity contribution in [3.05, 3.63) is 42.3 Å². The standard InChI is InChI=1S/C14H5Cl4NO7/c15-7-3(11(19)20)1-2(5(8(7)16)13(23)24)6(14(25)26)10(18)9(17)4(1)12(21)22/h(H2,19,20)(H,21,22)(H,23,24)(H,25,26). The predicted molar refractivity (Wildman–Crippen MR) is 93.4 cm³/mol. The maximum absolute atomic E-state index is 11.8. The van der Waals surface area contributed by atoms with Crippen LogP contribution in [-0.2, 0) is 0 Å². The highest BCUT2D eigenvalue weighted by atomic mass is 35.5. The number of nitrogens with two attached hydrogens (primary N) is 1. The van der Waals surface area contributed by atoms with E-state index < -0.39 is 76.9 Å². The zero-order chi connectivity index (χ0) is 20.1. The number of primary amides is 1. The first-order chi connectivity index (χ1) is 11.9. The van der Waals surface area contributed by atoms with Gasteiger partial charge in [0, 0.05) is 10.8 Å². The average molecular weight is 441 g/mol. The molecule has 26 heavy (non-hydrogen) atoms. The number of carbonyl (C=O) groups is 4. The first-order valence-electron chi connectivity index (χ1n) is 6.28. The van der Waals surface area contributed by atoms with Gasteiger partial charge in [-0.1, -0.05) is 46.4 Å². The minimum Gasteiger partial charge on any atom is -0.478 e. The topological polar surface area (TPSA) is 155 Å². The van der Waals surface area contributed by atoms with E-state index in [0.717, 1.165) is 0 Å². The van der Waals surface area contributed by atoms with Crippen molar-refractivity contribution >= 4 is 81.0 Å². The molecule has 0 spiro atoms. The van der Waals surface area contributed by atoms with E-state index in [9.17, 15) is 34.5 Å². The minimum atomic E-state index is -1.74. The number of fused-ring (bicyclic) bond motifs is 1. The third-order valence-electron chi connectivity index (χ3n) is 3.40. The summed E-state index contributed by atoms with van der Waals surface area (Å²) < 4.78 is 0. The molecule has 136 valence electrons. The van der Waals surface area contributed by atoms with Crippen LogP contribution < -0.4 is 5.73 Å². The zero-order valence-electron chi connectivity index (χ0n) is 12.1. The van der Waals surface area contributed by atoms with Crippen LogP contribution in [0, 0.1) is 0 Å². The number of hydrogen-bond acceptors (Lipinski definition) is 4. The number of rotatable bonds is 4. The lowest BCUT2D eigenvalue weighted by molar-refractivity contribution is 0.0681. The minimum absolute atomic E-state index is 0.665. The summed E-state index contributed by atoms with van der Waals surface area (Å²) in [5.74, 6) is -6.49. The summed E-state index contributed by atoms with van der Waals surface area (Å²) in [7, 11) is 0. The van der Waals surface area contributed by atoms with Gasteiger partial charge in [-0.05, 0) is 0 Å². The molecule has 0 radical (unpaired) electrons. The summed E-state index contributed by atoms with van der Waals surface area (Å²) in [5.41, 5.74) is 1.94. The SMILES string of the molecule is NC(=O)c1c(Cl)c(Cl)c(C(=O)O)c2c(C(=O)O)c(Cl)c(Cl)c(C(=O)O)c12. The van der Waals surface area contributed by atoms with E-state index in [-0.39, 0.29) is 0 Å². The number of halogens is 4. The molecule has 0 aromatic heterocycles. The fraction of sp³-hybridized carbons (Fsp3) is 0. The van der Waals surface area contributed by atoms with Crippen LogP contribution in [0.5, 0.6) is 0 Å². The van der Waals surface area contributed by atoms with Gasteiger partial charge in [-0.3, -0.25) is 4.79 Å². The molecule has 0 saturated carbocycles. The number of carboxylic acids is 3. The molecule has 0 aliphatic heterocycles. The van der Waals surface area contributed by atoms with E-state index in [1.165, 1.54) is 0 Å². The smallest absolute Gasteiger partial charge is 0.337 e. The third-order valence-corrected chi connectivity index (χ3v) is 5.11. The lowest BCUT2D eigenvalue weighted by Gasteiger charge is -2.18. The number of carboxylic acid groups (broad SMARTS) is 3. The van der Waals surface area contributed by atoms with Crippen molar-refractivity contribution in [1.29, 1.82) is 0 Å². The van der Waals surface area contributed by atoms with E-state index in [0.29, 0.717) is 0 Å². The van der Waals surface area contributed by atoms with E-state index >= 15 is 0 Å². The van der Waals surface area contributed by atoms with Gasteiger partial charge < -0.3 is 21.1 Å². The summed E-state index contributed by atoms with van der Waals surface area (Å²) >= 11 is 23.5. The Balaban J connectivity index is 3.51. The van der Waals surface area contributed by atoms with Gasteiger partial charge in [0.25, 0.3) is 5.91 Å². The van der Waals surface area contributed by atoms with E-state index in [1.807, 2.05) is 0 Å². The summed E-state index contributed by atoms with van der Waals surface area (Å²) in [6.07, 6.45) is 0. The molecule has 0 atom stereocenters. The number of benzene rings is 2. The molecular weight excluding hydrogens is 436 g/mol. The van der Waals surface area contributed by atoms with Gasteiger partial charge in [-0.2, -0.15) is 0 Å². The highest BCUT2D eigenvalue weighted by Crippen LogP contribution is 2.45. The maximum atomic E-state index is 11.8. The summed E-state index contributed by atoms with van der Waals surface area (Å²) in [5, 5.41) is 24.0. The lowest BCUT2D eigenvalue weighted by atomic mass is 9.90. The molecule has 2 aromatic rings. The number of aromatic carboxylic acids is 3. The fourth-order valence-corrected chi connectivity index (χ4v) is 3.55. The van der Waals surface area contributed by atoms with Crippen LogP contribution in [0.15, 0.2) is 0 Å². The van der Waals surface area contributed by atoms with Crippen molar-refractivity contribution in [2.24, 2.45) is 5.73 Å². The van der Waals surface area contributed by atoms with Crippen molar-refractivity contribution < 1.29 is 34.5 Å². The van der Waals surface area contributed by atoms with Crippen LogP contribution in [0.1, 0.15) is 41.4 Å². The average Bonchev–Trinajstić information content (AvgIpc) is 2.49. The molecule has 0 bridgehead atoms. The Labute approximate surface area is 163 Å². The number of hydrogen-bond donors (Lipinski definition) is 4. The number of carbonyl (C=O) groups excluding carboxylic acids is 1. The van der Waals surface area contributed by atoms with Crippen LogP contribution >= 0.6 is 46.4 Å². The molecule has 0 aliphatic carbocycles. The van der Waals surface area contributed by atoms with Gasteiger partial charge in [-0.25, -0.2) is 14.4 Å². The summed E-state index contributed by atoms with van der Waals surface area (Å²) in [6.45, 7) is 0. The fourth-order valence-electron chi connectivity index (χ4n) is 2.46. The third kappa shape index (κ3) is 2.80. The van der Waals surface area contributed by atoms with Crippen molar-refractivity contribution in [2.45, 2.75) is 0 Å². The largest absolute Gasteiger partial charge is 0.478 e. The normalized spacial score (nSPS) is 10.8. The predicted octanol–water partition coefficient (Wildman–Crippen LogP) is 3.65. The summed E-state index contributed by atoms with van der Waals surface area (Å²) in [6, 6.07) is 0. The quantitative estimate of drug-likeness (QED) is 0.565. The molecule has 5 N–H and O–H groups in total. The first kappa shape index (κ1) is 20.1. The second-order valence-corrected chi connectivity index (χ2v) is 6.30. The second-order valence-electron chi connectivity index (χ2n) is 4.79. The Kier molecular flexibility index (Phi) is 5.25. The lowest BCUT2D eigenvalue weighted by Crippen LogP contribution is -2.18. The van der Waals surface area contributed by atoms with Gasteiger partial charge in [0.05, 0.1) is 42.3 Å². The van der Waals surface area contributed by atoms with E-state index in [4.69, 9.17) is 52.1 Å². The molecule has 2 aromatic carbocycles. The molecule has 12 heteroatoms. The molecule has 8 nitrogen and oxygen atoms in total. The Morgan fingerprint density at radius 1 is 0.577 bits per heavy atom. The highest BCUT2D eigenvalue weighted by molar-refractivity contribution is 6.51. The Bertz CT molecular complexity index is 887. The molecule has 0 heterocycles. The van der Waals surface area contributed by atoms with Crippen LogP contribution in [0.2, 0.25) is 20.1 Å². The van der Waals surface area contributed by atoms with E-state index in [2.05, 4.69) is 0 Å². The van der Waals surface area contributed by atoms with Gasteiger partial charge in [0.1, 0.15) is 0 Å². The van der Waals surface area contributed by atoms with Gasteiger partial charge in [0.15, 0.2) is 0 Å².